The van der Waals surface area contributed by atoms with Gasteiger partial charge in [-0.2, -0.15) is 0 Å². The van der Waals surface area contributed by atoms with Gasteiger partial charge in [-0.3, -0.25) is 14.4 Å². The lowest BCUT2D eigenvalue weighted by Gasteiger charge is -2.25. The Morgan fingerprint density at radius 3 is 2.62 bits per heavy atom. The van der Waals surface area contributed by atoms with E-state index in [2.05, 4.69) is 5.32 Å². The monoisotopic (exact) mass is 434 g/mol. The fraction of sp³-hybridized carbons (Fsp3) is 0.286. The number of carbonyl (C=O) groups is 3. The molecule has 0 saturated carbocycles. The summed E-state index contributed by atoms with van der Waals surface area (Å²) in [6.45, 7) is 1.72. The van der Waals surface area contributed by atoms with Gasteiger partial charge in [0.25, 0.3) is 5.91 Å². The average molecular weight is 435 g/mol. The molecule has 2 aromatic rings. The van der Waals surface area contributed by atoms with Gasteiger partial charge >= 0.3 is 5.97 Å². The van der Waals surface area contributed by atoms with Crippen molar-refractivity contribution in [2.75, 3.05) is 18.5 Å². The minimum atomic E-state index is -0.597. The van der Waals surface area contributed by atoms with Gasteiger partial charge in [0, 0.05) is 18.0 Å². The first-order valence-corrected chi connectivity index (χ1v) is 9.86. The molecule has 1 fully saturated rings. The van der Waals surface area contributed by atoms with E-state index in [1.54, 1.807) is 17.0 Å². The van der Waals surface area contributed by atoms with Crippen molar-refractivity contribution < 1.29 is 19.1 Å². The second-order valence-corrected chi connectivity index (χ2v) is 7.66. The zero-order chi connectivity index (χ0) is 21.0. The Kier molecular flexibility index (Phi) is 6.77. The Labute approximate surface area is 178 Å². The number of rotatable bonds is 6. The summed E-state index contributed by atoms with van der Waals surface area (Å²) in [6.07, 6.45) is 0.0701. The normalized spacial score (nSPS) is 17.1. The van der Waals surface area contributed by atoms with Gasteiger partial charge in [-0.25, -0.2) is 0 Å². The van der Waals surface area contributed by atoms with Gasteiger partial charge in [-0.05, 0) is 30.7 Å². The summed E-state index contributed by atoms with van der Waals surface area (Å²) in [5.41, 5.74) is 1.37. The van der Waals surface area contributed by atoms with E-state index < -0.39 is 24.4 Å². The largest absolute Gasteiger partial charge is 0.455 e. The molecule has 2 atom stereocenters. The number of nitrogens with one attached hydrogen (secondary N) is 1. The second-order valence-electron chi connectivity index (χ2n) is 6.81. The van der Waals surface area contributed by atoms with Crippen molar-refractivity contribution in [2.45, 2.75) is 19.4 Å². The first-order valence-electron chi connectivity index (χ1n) is 9.11. The maximum Gasteiger partial charge on any atom is 0.311 e. The summed E-state index contributed by atoms with van der Waals surface area (Å²) in [4.78, 5) is 38.4. The Hall–Kier alpha value is -2.57. The van der Waals surface area contributed by atoms with Gasteiger partial charge in [0.1, 0.15) is 0 Å². The van der Waals surface area contributed by atoms with Crippen LogP contribution in [0.3, 0.4) is 0 Å². The molecule has 29 heavy (non-hydrogen) atoms. The molecule has 2 aromatic carbocycles. The number of hydrogen-bond donors (Lipinski definition) is 1. The van der Waals surface area contributed by atoms with Crippen LogP contribution in [0, 0.1) is 5.92 Å². The Balaban J connectivity index is 1.52. The number of halogens is 2. The highest BCUT2D eigenvalue weighted by Gasteiger charge is 2.38. The van der Waals surface area contributed by atoms with E-state index in [0.29, 0.717) is 10.7 Å². The number of hydrogen-bond acceptors (Lipinski definition) is 4. The molecule has 0 aliphatic carbocycles. The molecule has 0 bridgehead atoms. The van der Waals surface area contributed by atoms with Gasteiger partial charge in [-0.15, -0.1) is 0 Å². The molecule has 1 heterocycles. The van der Waals surface area contributed by atoms with Crippen molar-refractivity contribution in [1.82, 2.24) is 4.90 Å². The van der Waals surface area contributed by atoms with Crippen LogP contribution in [0.1, 0.15) is 24.9 Å². The number of nitrogens with zero attached hydrogens (tertiary/aromatic N) is 1. The molecule has 6 nitrogen and oxygen atoms in total. The van der Waals surface area contributed by atoms with E-state index in [1.807, 2.05) is 37.3 Å². The Morgan fingerprint density at radius 1 is 1.21 bits per heavy atom. The van der Waals surface area contributed by atoms with E-state index in [-0.39, 0.29) is 29.9 Å². The molecule has 3 rings (SSSR count). The van der Waals surface area contributed by atoms with Crippen LogP contribution in [0.25, 0.3) is 0 Å². The smallest absolute Gasteiger partial charge is 0.311 e. The van der Waals surface area contributed by atoms with Crippen molar-refractivity contribution in [3.05, 3.63) is 64.1 Å². The Bertz CT molecular complexity index is 920. The number of benzene rings is 2. The van der Waals surface area contributed by atoms with E-state index in [0.717, 1.165) is 5.56 Å². The molecule has 1 N–H and O–H groups in total. The minimum absolute atomic E-state index is 0.0701. The third-order valence-corrected chi connectivity index (χ3v) is 5.34. The highest BCUT2D eigenvalue weighted by atomic mass is 35.5. The molecular formula is C21H20Cl2N2O4. The maximum absolute atomic E-state index is 12.4. The predicted octanol–water partition coefficient (Wildman–Crippen LogP) is 4.08. The molecule has 1 saturated heterocycles. The van der Waals surface area contributed by atoms with Crippen LogP contribution in [0.4, 0.5) is 5.69 Å². The van der Waals surface area contributed by atoms with E-state index >= 15 is 0 Å². The van der Waals surface area contributed by atoms with Crippen molar-refractivity contribution in [3.63, 3.8) is 0 Å². The van der Waals surface area contributed by atoms with Gasteiger partial charge in [0.05, 0.1) is 22.7 Å². The lowest BCUT2D eigenvalue weighted by molar-refractivity contribution is -0.151. The number of ether oxygens (including phenoxy) is 1. The molecule has 8 heteroatoms. The summed E-state index contributed by atoms with van der Waals surface area (Å²) in [7, 11) is 0. The number of amides is 2. The van der Waals surface area contributed by atoms with Gasteiger partial charge in [-0.1, -0.05) is 53.5 Å². The molecule has 152 valence electrons. The van der Waals surface area contributed by atoms with E-state index in [4.69, 9.17) is 27.9 Å². The fourth-order valence-corrected chi connectivity index (χ4v) is 3.66. The average Bonchev–Trinajstić information content (AvgIpc) is 3.10. The third-order valence-electron chi connectivity index (χ3n) is 4.79. The van der Waals surface area contributed by atoms with Crippen molar-refractivity contribution in [2.24, 2.45) is 5.92 Å². The molecule has 1 aliphatic heterocycles. The molecule has 0 aromatic heterocycles. The number of anilines is 1. The molecular weight excluding hydrogens is 415 g/mol. The van der Waals surface area contributed by atoms with Gasteiger partial charge < -0.3 is 15.0 Å². The SMILES string of the molecule is C[C@H](c1ccccc1)N1C[C@@H](C(=O)OCC(=O)Nc2ccc(Cl)cc2Cl)CC1=O. The maximum atomic E-state index is 12.4. The predicted molar refractivity (Wildman–Crippen MR) is 111 cm³/mol. The topological polar surface area (TPSA) is 75.7 Å². The van der Waals surface area contributed by atoms with Crippen LogP contribution in [-0.4, -0.2) is 35.8 Å². The quantitative estimate of drug-likeness (QED) is 0.694. The lowest BCUT2D eigenvalue weighted by Crippen LogP contribution is -2.30. The zero-order valence-electron chi connectivity index (χ0n) is 15.7. The summed E-state index contributed by atoms with van der Waals surface area (Å²) in [6, 6.07) is 14.1. The number of esters is 1. The summed E-state index contributed by atoms with van der Waals surface area (Å²) < 4.78 is 5.11. The molecule has 0 spiro atoms. The second kappa shape index (κ2) is 9.29. The summed E-state index contributed by atoms with van der Waals surface area (Å²) in [5.74, 6) is -1.80. The van der Waals surface area contributed by atoms with Crippen LogP contribution in [0.2, 0.25) is 10.0 Å². The third kappa shape index (κ3) is 5.28. The first kappa shape index (κ1) is 21.1. The van der Waals surface area contributed by atoms with Gasteiger partial charge in [0.2, 0.25) is 5.91 Å². The van der Waals surface area contributed by atoms with Crippen molar-refractivity contribution in [1.29, 1.82) is 0 Å². The van der Waals surface area contributed by atoms with Crippen LogP contribution in [0.15, 0.2) is 48.5 Å². The van der Waals surface area contributed by atoms with Gasteiger partial charge in [0.15, 0.2) is 6.61 Å². The minimum Gasteiger partial charge on any atom is -0.455 e. The molecule has 1 aliphatic rings. The van der Waals surface area contributed by atoms with Crippen LogP contribution in [0.5, 0.6) is 0 Å². The highest BCUT2D eigenvalue weighted by molar-refractivity contribution is 6.36. The van der Waals surface area contributed by atoms with Crippen LogP contribution >= 0.6 is 23.2 Å². The van der Waals surface area contributed by atoms with Crippen molar-refractivity contribution in [3.8, 4) is 0 Å². The van der Waals surface area contributed by atoms with E-state index in [1.165, 1.54) is 6.07 Å². The van der Waals surface area contributed by atoms with Crippen LogP contribution in [-0.2, 0) is 19.1 Å². The number of carbonyl (C=O) groups excluding carboxylic acids is 3. The summed E-state index contributed by atoms with van der Waals surface area (Å²) >= 11 is 11.8. The lowest BCUT2D eigenvalue weighted by atomic mass is 10.1. The van der Waals surface area contributed by atoms with Crippen LogP contribution < -0.4 is 5.32 Å². The van der Waals surface area contributed by atoms with Crippen molar-refractivity contribution >= 4 is 46.7 Å². The molecule has 0 unspecified atom stereocenters. The molecule has 2 amide bonds. The number of likely N-dealkylation sites (tertiary alicyclic amines) is 1. The standard InChI is InChI=1S/C21H20Cl2N2O4/c1-13(14-5-3-2-4-6-14)25-11-15(9-20(25)27)21(28)29-12-19(26)24-18-8-7-16(22)10-17(18)23/h2-8,10,13,15H,9,11-12H2,1H3,(H,24,26)/t13-,15+/m1/s1. The Morgan fingerprint density at radius 2 is 1.93 bits per heavy atom. The fourth-order valence-electron chi connectivity index (χ4n) is 3.21. The van der Waals surface area contributed by atoms with E-state index in [9.17, 15) is 14.4 Å². The molecule has 0 radical (unpaired) electrons. The zero-order valence-corrected chi connectivity index (χ0v) is 17.2. The first-order chi connectivity index (χ1) is 13.8. The highest BCUT2D eigenvalue weighted by Crippen LogP contribution is 2.29. The summed E-state index contributed by atoms with van der Waals surface area (Å²) in [5, 5.41) is 3.28.